The van der Waals surface area contributed by atoms with E-state index >= 15 is 0 Å². The Morgan fingerprint density at radius 2 is 2.22 bits per heavy atom. The zero-order chi connectivity index (χ0) is 13.3. The number of carboxylic acids is 1. The van der Waals surface area contributed by atoms with Gasteiger partial charge in [-0.2, -0.15) is 0 Å². The van der Waals surface area contributed by atoms with E-state index in [1.54, 1.807) is 17.5 Å². The van der Waals surface area contributed by atoms with E-state index in [9.17, 15) is 13.6 Å². The van der Waals surface area contributed by atoms with Crippen molar-refractivity contribution in [1.82, 2.24) is 4.98 Å². The molecule has 0 aliphatic carbocycles. The van der Waals surface area contributed by atoms with Crippen LogP contribution in [-0.2, 0) is 0 Å². The second kappa shape index (κ2) is 4.81. The van der Waals surface area contributed by atoms with Crippen LogP contribution in [0.25, 0.3) is 10.6 Å². The van der Waals surface area contributed by atoms with Gasteiger partial charge in [0, 0.05) is 5.56 Å². The molecule has 0 aliphatic heterocycles. The molecule has 2 rings (SSSR count). The summed E-state index contributed by atoms with van der Waals surface area (Å²) in [5.74, 6) is -1.38. The summed E-state index contributed by atoms with van der Waals surface area (Å²) in [4.78, 5) is 15.8. The van der Waals surface area contributed by atoms with Crippen LogP contribution in [0.4, 0.5) is 8.78 Å². The van der Waals surface area contributed by atoms with Crippen molar-refractivity contribution in [3.63, 3.8) is 0 Å². The summed E-state index contributed by atoms with van der Waals surface area (Å²) in [5.41, 5.74) is -0.421. The van der Waals surface area contributed by atoms with Gasteiger partial charge in [-0.05, 0) is 24.4 Å². The molecular formula is C12H9F2NO2S. The molecular weight excluding hydrogens is 260 g/mol. The molecule has 0 amide bonds. The largest absolute Gasteiger partial charge is 0.478 e. The Morgan fingerprint density at radius 3 is 2.72 bits per heavy atom. The fourth-order valence-corrected chi connectivity index (χ4v) is 2.38. The van der Waals surface area contributed by atoms with Gasteiger partial charge in [-0.15, -0.1) is 11.3 Å². The highest BCUT2D eigenvalue weighted by molar-refractivity contribution is 7.13. The number of aromatic carboxylic acids is 1. The number of carbonyl (C=O) groups is 1. The lowest BCUT2D eigenvalue weighted by molar-refractivity contribution is 0.0683. The topological polar surface area (TPSA) is 50.2 Å². The van der Waals surface area contributed by atoms with Crippen LogP contribution in [0.3, 0.4) is 0 Å². The van der Waals surface area contributed by atoms with E-state index in [0.29, 0.717) is 5.69 Å². The van der Waals surface area contributed by atoms with E-state index in [-0.39, 0.29) is 5.69 Å². The molecule has 18 heavy (non-hydrogen) atoms. The van der Waals surface area contributed by atoms with Crippen molar-refractivity contribution in [2.24, 2.45) is 0 Å². The molecule has 2 heterocycles. The maximum Gasteiger partial charge on any atom is 0.338 e. The van der Waals surface area contributed by atoms with Crippen molar-refractivity contribution in [3.8, 4) is 10.6 Å². The van der Waals surface area contributed by atoms with E-state index in [0.717, 1.165) is 10.9 Å². The molecule has 0 saturated carbocycles. The van der Waals surface area contributed by atoms with Crippen LogP contribution >= 0.6 is 11.3 Å². The minimum atomic E-state index is -2.84. The number of nitrogens with zero attached hydrogens (tertiary/aromatic N) is 1. The summed E-state index contributed by atoms with van der Waals surface area (Å²) in [6, 6.07) is 4.68. The van der Waals surface area contributed by atoms with Gasteiger partial charge >= 0.3 is 5.97 Å². The van der Waals surface area contributed by atoms with Crippen molar-refractivity contribution in [2.45, 2.75) is 13.3 Å². The van der Waals surface area contributed by atoms with E-state index < -0.39 is 23.5 Å². The smallest absolute Gasteiger partial charge is 0.338 e. The highest BCUT2D eigenvalue weighted by Gasteiger charge is 2.22. The standard InChI is InChI=1S/C12H9F2NO2S/c1-6-10(12(16)17)7(11(13)14)5-8(15-6)9-3-2-4-18-9/h2-5,11H,1H3,(H,16,17). The molecule has 0 radical (unpaired) electrons. The normalized spacial score (nSPS) is 10.9. The van der Waals surface area contributed by atoms with Crippen LogP contribution in [0.5, 0.6) is 0 Å². The summed E-state index contributed by atoms with van der Waals surface area (Å²) in [6.45, 7) is 1.42. The summed E-state index contributed by atoms with van der Waals surface area (Å²) in [6.07, 6.45) is -2.84. The Bertz CT molecular complexity index is 582. The molecule has 0 saturated heterocycles. The average molecular weight is 269 g/mol. The Hall–Kier alpha value is -1.82. The summed E-state index contributed by atoms with van der Waals surface area (Å²) >= 11 is 1.36. The van der Waals surface area contributed by atoms with Crippen molar-refractivity contribution in [2.75, 3.05) is 0 Å². The van der Waals surface area contributed by atoms with Crippen LogP contribution in [0.15, 0.2) is 23.6 Å². The number of carboxylic acid groups (broad SMARTS) is 1. The predicted octanol–water partition coefficient (Wildman–Crippen LogP) is 3.75. The number of hydrogen-bond acceptors (Lipinski definition) is 3. The SMILES string of the molecule is Cc1nc(-c2cccs2)cc(C(F)F)c1C(=O)O. The van der Waals surface area contributed by atoms with E-state index in [1.165, 1.54) is 18.3 Å². The molecule has 94 valence electrons. The zero-order valence-electron chi connectivity index (χ0n) is 9.35. The molecule has 0 aliphatic rings. The Kier molecular flexibility index (Phi) is 3.38. The number of alkyl halides is 2. The third-order valence-electron chi connectivity index (χ3n) is 2.45. The lowest BCUT2D eigenvalue weighted by Gasteiger charge is -2.10. The monoisotopic (exact) mass is 269 g/mol. The Morgan fingerprint density at radius 1 is 1.50 bits per heavy atom. The quantitative estimate of drug-likeness (QED) is 0.923. The summed E-state index contributed by atoms with van der Waals surface area (Å²) in [5, 5.41) is 10.8. The first-order valence-corrected chi connectivity index (χ1v) is 5.95. The molecule has 0 fully saturated rings. The van der Waals surface area contributed by atoms with Gasteiger partial charge in [0.1, 0.15) is 0 Å². The van der Waals surface area contributed by atoms with Gasteiger partial charge < -0.3 is 5.11 Å². The second-order valence-corrected chi connectivity index (χ2v) is 4.59. The first-order valence-electron chi connectivity index (χ1n) is 5.07. The third-order valence-corrected chi connectivity index (χ3v) is 3.35. The molecule has 0 aromatic carbocycles. The van der Waals surface area contributed by atoms with Crippen LogP contribution in [-0.4, -0.2) is 16.1 Å². The minimum Gasteiger partial charge on any atom is -0.478 e. The molecule has 0 unspecified atom stereocenters. The maximum atomic E-state index is 12.9. The lowest BCUT2D eigenvalue weighted by atomic mass is 10.1. The number of aromatic nitrogens is 1. The van der Waals surface area contributed by atoms with Gasteiger partial charge in [-0.3, -0.25) is 4.98 Å². The molecule has 2 aromatic heterocycles. The van der Waals surface area contributed by atoms with Gasteiger partial charge in [0.05, 0.1) is 21.8 Å². The fraction of sp³-hybridized carbons (Fsp3) is 0.167. The fourth-order valence-electron chi connectivity index (χ4n) is 1.70. The first-order chi connectivity index (χ1) is 8.50. The average Bonchev–Trinajstić information content (AvgIpc) is 2.80. The highest BCUT2D eigenvalue weighted by Crippen LogP contribution is 2.31. The van der Waals surface area contributed by atoms with Gasteiger partial charge in [-0.25, -0.2) is 13.6 Å². The van der Waals surface area contributed by atoms with Gasteiger partial charge in [-0.1, -0.05) is 6.07 Å². The van der Waals surface area contributed by atoms with E-state index in [4.69, 9.17) is 5.11 Å². The molecule has 1 N–H and O–H groups in total. The third kappa shape index (κ3) is 2.24. The minimum absolute atomic E-state index is 0.101. The Balaban J connectivity index is 2.65. The molecule has 6 heteroatoms. The summed E-state index contributed by atoms with van der Waals surface area (Å²) < 4.78 is 25.8. The maximum absolute atomic E-state index is 12.9. The zero-order valence-corrected chi connectivity index (χ0v) is 10.2. The van der Waals surface area contributed by atoms with Crippen LogP contribution < -0.4 is 0 Å². The van der Waals surface area contributed by atoms with Crippen molar-refractivity contribution >= 4 is 17.3 Å². The number of aryl methyl sites for hydroxylation is 1. The molecule has 3 nitrogen and oxygen atoms in total. The number of thiophene rings is 1. The van der Waals surface area contributed by atoms with Crippen LogP contribution in [0.1, 0.15) is 28.0 Å². The number of hydrogen-bond donors (Lipinski definition) is 1. The van der Waals surface area contributed by atoms with Crippen molar-refractivity contribution in [3.05, 3.63) is 40.4 Å². The van der Waals surface area contributed by atoms with Crippen molar-refractivity contribution in [1.29, 1.82) is 0 Å². The number of rotatable bonds is 3. The molecule has 0 bridgehead atoms. The lowest BCUT2D eigenvalue weighted by Crippen LogP contribution is -2.08. The van der Waals surface area contributed by atoms with E-state index in [2.05, 4.69) is 4.98 Å². The Labute approximate surface area is 106 Å². The van der Waals surface area contributed by atoms with Gasteiger partial charge in [0.2, 0.25) is 0 Å². The number of pyridine rings is 1. The van der Waals surface area contributed by atoms with E-state index in [1.807, 2.05) is 0 Å². The van der Waals surface area contributed by atoms with Crippen LogP contribution in [0.2, 0.25) is 0 Å². The first kappa shape index (κ1) is 12.6. The summed E-state index contributed by atoms with van der Waals surface area (Å²) in [7, 11) is 0. The molecule has 0 spiro atoms. The van der Waals surface area contributed by atoms with Gasteiger partial charge in [0.25, 0.3) is 6.43 Å². The van der Waals surface area contributed by atoms with Crippen molar-refractivity contribution < 1.29 is 18.7 Å². The second-order valence-electron chi connectivity index (χ2n) is 3.64. The molecule has 0 atom stereocenters. The predicted molar refractivity (Wildman–Crippen MR) is 64.2 cm³/mol. The highest BCUT2D eigenvalue weighted by atomic mass is 32.1. The van der Waals surface area contributed by atoms with Gasteiger partial charge in [0.15, 0.2) is 0 Å². The van der Waals surface area contributed by atoms with Crippen LogP contribution in [0, 0.1) is 6.92 Å². The number of halogens is 2. The molecule has 2 aromatic rings.